The van der Waals surface area contributed by atoms with E-state index in [-0.39, 0.29) is 29.2 Å². The first-order chi connectivity index (χ1) is 8.99. The van der Waals surface area contributed by atoms with Crippen LogP contribution in [0.25, 0.3) is 11.1 Å². The maximum Gasteiger partial charge on any atom is 0.142 e. The van der Waals surface area contributed by atoms with Gasteiger partial charge in [-0.2, -0.15) is 0 Å². The molecule has 2 aromatic carbocycles. The van der Waals surface area contributed by atoms with E-state index in [0.717, 1.165) is 16.7 Å². The molecule has 106 valence electrons. The molecule has 3 N–H and O–H groups in total. The standard InChI is InChI=1S/C15H14ClFN2.ClH/c1-9(15(18)19)10-2-4-11(5-3-10)12-6-7-13(16)14(17)8-12;/h2-9H,1H3,(H3,18,19);1H. The molecule has 0 aliphatic carbocycles. The lowest BCUT2D eigenvalue weighted by atomic mass is 9.97. The van der Waals surface area contributed by atoms with Crippen LogP contribution < -0.4 is 5.73 Å². The van der Waals surface area contributed by atoms with E-state index in [4.69, 9.17) is 22.7 Å². The van der Waals surface area contributed by atoms with Crippen molar-refractivity contribution >= 4 is 29.8 Å². The number of benzene rings is 2. The first-order valence-electron chi connectivity index (χ1n) is 5.88. The van der Waals surface area contributed by atoms with Gasteiger partial charge in [0.05, 0.1) is 10.9 Å². The van der Waals surface area contributed by atoms with Gasteiger partial charge in [0.1, 0.15) is 5.82 Å². The van der Waals surface area contributed by atoms with E-state index in [1.54, 1.807) is 12.1 Å². The molecule has 0 aliphatic heterocycles. The molecular formula is C15H15Cl2FN2. The number of amidine groups is 1. The predicted molar refractivity (Wildman–Crippen MR) is 84.4 cm³/mol. The van der Waals surface area contributed by atoms with Crippen molar-refractivity contribution in [3.63, 3.8) is 0 Å². The lowest BCUT2D eigenvalue weighted by Gasteiger charge is -2.11. The molecule has 0 aromatic heterocycles. The van der Waals surface area contributed by atoms with Gasteiger partial charge in [0.15, 0.2) is 0 Å². The van der Waals surface area contributed by atoms with Crippen molar-refractivity contribution in [3.8, 4) is 11.1 Å². The Morgan fingerprint density at radius 2 is 1.70 bits per heavy atom. The van der Waals surface area contributed by atoms with Gasteiger partial charge in [0.2, 0.25) is 0 Å². The second-order valence-corrected chi connectivity index (χ2v) is 4.84. The summed E-state index contributed by atoms with van der Waals surface area (Å²) in [5, 5.41) is 7.54. The van der Waals surface area contributed by atoms with E-state index in [1.165, 1.54) is 6.07 Å². The van der Waals surface area contributed by atoms with E-state index in [9.17, 15) is 4.39 Å². The summed E-state index contributed by atoms with van der Waals surface area (Å²) in [5.41, 5.74) is 8.10. The van der Waals surface area contributed by atoms with Gasteiger partial charge < -0.3 is 5.73 Å². The highest BCUT2D eigenvalue weighted by atomic mass is 35.5. The SMILES string of the molecule is CC(C(=N)N)c1ccc(-c2ccc(Cl)c(F)c2)cc1.Cl. The smallest absolute Gasteiger partial charge is 0.142 e. The van der Waals surface area contributed by atoms with Gasteiger partial charge in [0, 0.05) is 5.92 Å². The zero-order valence-electron chi connectivity index (χ0n) is 10.9. The van der Waals surface area contributed by atoms with Crippen LogP contribution in [0.3, 0.4) is 0 Å². The molecule has 5 heteroatoms. The van der Waals surface area contributed by atoms with Gasteiger partial charge in [-0.1, -0.05) is 48.9 Å². The third-order valence-electron chi connectivity index (χ3n) is 3.13. The van der Waals surface area contributed by atoms with E-state index in [1.807, 2.05) is 31.2 Å². The molecule has 0 bridgehead atoms. The Labute approximate surface area is 128 Å². The number of hydrogen-bond donors (Lipinski definition) is 2. The summed E-state index contributed by atoms with van der Waals surface area (Å²) in [6.07, 6.45) is 0. The molecule has 2 nitrogen and oxygen atoms in total. The lowest BCUT2D eigenvalue weighted by Crippen LogP contribution is -2.17. The van der Waals surface area contributed by atoms with Crippen LogP contribution in [0.2, 0.25) is 5.02 Å². The zero-order chi connectivity index (χ0) is 14.0. The molecule has 2 rings (SSSR count). The maximum atomic E-state index is 13.4. The third kappa shape index (κ3) is 3.50. The Hall–Kier alpha value is -1.58. The molecule has 1 atom stereocenters. The van der Waals surface area contributed by atoms with Crippen LogP contribution in [0.15, 0.2) is 42.5 Å². The van der Waals surface area contributed by atoms with Crippen molar-refractivity contribution in [1.29, 1.82) is 5.41 Å². The van der Waals surface area contributed by atoms with Crippen molar-refractivity contribution in [2.45, 2.75) is 12.8 Å². The molecule has 0 fully saturated rings. The minimum absolute atomic E-state index is 0. The van der Waals surface area contributed by atoms with Crippen LogP contribution in [0, 0.1) is 11.2 Å². The highest BCUT2D eigenvalue weighted by Crippen LogP contribution is 2.26. The second-order valence-electron chi connectivity index (χ2n) is 4.43. The Morgan fingerprint density at radius 1 is 1.15 bits per heavy atom. The number of rotatable bonds is 3. The average molecular weight is 313 g/mol. The predicted octanol–water partition coefficient (Wildman–Crippen LogP) is 4.61. The number of hydrogen-bond acceptors (Lipinski definition) is 1. The first kappa shape index (κ1) is 16.5. The van der Waals surface area contributed by atoms with Crippen LogP contribution in [0.1, 0.15) is 18.4 Å². The van der Waals surface area contributed by atoms with E-state index >= 15 is 0 Å². The summed E-state index contributed by atoms with van der Waals surface area (Å²) >= 11 is 5.66. The highest BCUT2D eigenvalue weighted by Gasteiger charge is 2.09. The molecule has 1 unspecified atom stereocenters. The van der Waals surface area contributed by atoms with Crippen molar-refractivity contribution in [2.75, 3.05) is 0 Å². The van der Waals surface area contributed by atoms with Crippen LogP contribution in [-0.2, 0) is 0 Å². The molecule has 20 heavy (non-hydrogen) atoms. The summed E-state index contributed by atoms with van der Waals surface area (Å²) in [6.45, 7) is 1.87. The first-order valence-corrected chi connectivity index (χ1v) is 6.26. The average Bonchev–Trinajstić information content (AvgIpc) is 2.41. The van der Waals surface area contributed by atoms with Crippen molar-refractivity contribution in [2.24, 2.45) is 5.73 Å². The Morgan fingerprint density at radius 3 is 2.20 bits per heavy atom. The molecule has 2 aromatic rings. The number of nitrogens with one attached hydrogen (secondary N) is 1. The Balaban J connectivity index is 0.00000200. The second kappa shape index (κ2) is 6.73. The molecule has 0 amide bonds. The quantitative estimate of drug-likeness (QED) is 0.631. The summed E-state index contributed by atoms with van der Waals surface area (Å²) in [6, 6.07) is 12.3. The molecule has 0 aliphatic rings. The Bertz CT molecular complexity index is 612. The van der Waals surface area contributed by atoms with Gasteiger partial charge in [0.25, 0.3) is 0 Å². The zero-order valence-corrected chi connectivity index (χ0v) is 12.4. The van der Waals surface area contributed by atoms with Crippen molar-refractivity contribution < 1.29 is 4.39 Å². The summed E-state index contributed by atoms with van der Waals surface area (Å²) in [7, 11) is 0. The minimum atomic E-state index is -0.430. The number of halogens is 3. The molecule has 0 radical (unpaired) electrons. The van der Waals surface area contributed by atoms with Crippen LogP contribution >= 0.6 is 24.0 Å². The molecular weight excluding hydrogens is 298 g/mol. The van der Waals surface area contributed by atoms with Gasteiger partial charge in [-0.3, -0.25) is 5.41 Å². The maximum absolute atomic E-state index is 13.4. The molecule has 0 heterocycles. The van der Waals surface area contributed by atoms with E-state index in [2.05, 4.69) is 0 Å². The van der Waals surface area contributed by atoms with Gasteiger partial charge in [-0.05, 0) is 28.8 Å². The summed E-state index contributed by atoms with van der Waals surface area (Å²) in [5.74, 6) is -0.415. The largest absolute Gasteiger partial charge is 0.387 e. The highest BCUT2D eigenvalue weighted by molar-refractivity contribution is 6.30. The fraction of sp³-hybridized carbons (Fsp3) is 0.133. The summed E-state index contributed by atoms with van der Waals surface area (Å²) < 4.78 is 13.4. The lowest BCUT2D eigenvalue weighted by molar-refractivity contribution is 0.629. The van der Waals surface area contributed by atoms with Crippen LogP contribution in [0.5, 0.6) is 0 Å². The van der Waals surface area contributed by atoms with Crippen molar-refractivity contribution in [1.82, 2.24) is 0 Å². The van der Waals surface area contributed by atoms with E-state index < -0.39 is 5.82 Å². The van der Waals surface area contributed by atoms with Crippen LogP contribution in [0.4, 0.5) is 4.39 Å². The monoisotopic (exact) mass is 312 g/mol. The molecule has 0 spiro atoms. The summed E-state index contributed by atoms with van der Waals surface area (Å²) in [4.78, 5) is 0. The molecule has 0 saturated carbocycles. The van der Waals surface area contributed by atoms with Gasteiger partial charge >= 0.3 is 0 Å². The fourth-order valence-electron chi connectivity index (χ4n) is 1.82. The third-order valence-corrected chi connectivity index (χ3v) is 3.44. The number of nitrogens with two attached hydrogens (primary N) is 1. The fourth-order valence-corrected chi connectivity index (χ4v) is 1.94. The van der Waals surface area contributed by atoms with Crippen LogP contribution in [-0.4, -0.2) is 5.84 Å². The molecule has 0 saturated heterocycles. The van der Waals surface area contributed by atoms with Gasteiger partial charge in [-0.15, -0.1) is 12.4 Å². The normalized spacial score (nSPS) is 11.6. The van der Waals surface area contributed by atoms with Gasteiger partial charge in [-0.25, -0.2) is 4.39 Å². The topological polar surface area (TPSA) is 49.9 Å². The van der Waals surface area contributed by atoms with Crippen molar-refractivity contribution in [3.05, 3.63) is 58.9 Å². The minimum Gasteiger partial charge on any atom is -0.387 e. The Kier molecular flexibility index (Phi) is 5.54. The van der Waals surface area contributed by atoms with E-state index in [0.29, 0.717) is 0 Å².